The fourth-order valence-electron chi connectivity index (χ4n) is 1.34. The minimum atomic E-state index is -0.957. The summed E-state index contributed by atoms with van der Waals surface area (Å²) in [5, 5.41) is 11.6. The molecule has 0 heterocycles. The molecule has 0 aliphatic rings. The molecular formula is C14H16ClFN2O2. The summed E-state index contributed by atoms with van der Waals surface area (Å²) < 4.78 is 18.2. The van der Waals surface area contributed by atoms with E-state index in [0.717, 1.165) is 6.07 Å². The van der Waals surface area contributed by atoms with E-state index in [1.54, 1.807) is 6.92 Å². The van der Waals surface area contributed by atoms with Crippen molar-refractivity contribution in [2.24, 2.45) is 5.92 Å². The monoisotopic (exact) mass is 298 g/mol. The van der Waals surface area contributed by atoms with Crippen molar-refractivity contribution in [3.05, 3.63) is 29.0 Å². The number of halogens is 2. The number of benzene rings is 1. The minimum Gasteiger partial charge on any atom is -0.484 e. The average molecular weight is 299 g/mol. The number of nitrogens with zero attached hydrogens (tertiary/aromatic N) is 1. The van der Waals surface area contributed by atoms with Gasteiger partial charge in [0.2, 0.25) is 0 Å². The molecule has 0 fully saturated rings. The third-order valence-electron chi connectivity index (χ3n) is 3.05. The molecule has 0 aliphatic carbocycles. The Hall–Kier alpha value is -1.80. The SMILES string of the molecule is CC(C)C(C)(C#N)NC(=O)COc1ccc(F)c(Cl)c1. The van der Waals surface area contributed by atoms with Crippen molar-refractivity contribution in [2.45, 2.75) is 26.3 Å². The highest BCUT2D eigenvalue weighted by molar-refractivity contribution is 6.30. The minimum absolute atomic E-state index is 0.0447. The Labute approximate surface area is 122 Å². The van der Waals surface area contributed by atoms with Crippen LogP contribution in [0.25, 0.3) is 0 Å². The lowest BCUT2D eigenvalue weighted by atomic mass is 9.90. The zero-order valence-electron chi connectivity index (χ0n) is 11.5. The summed E-state index contributed by atoms with van der Waals surface area (Å²) in [6, 6.07) is 5.88. The number of nitriles is 1. The van der Waals surface area contributed by atoms with Crippen molar-refractivity contribution in [1.82, 2.24) is 5.32 Å². The van der Waals surface area contributed by atoms with Gasteiger partial charge in [0, 0.05) is 6.07 Å². The van der Waals surface area contributed by atoms with Gasteiger partial charge in [-0.1, -0.05) is 25.4 Å². The van der Waals surface area contributed by atoms with Crippen LogP contribution in [0.3, 0.4) is 0 Å². The third kappa shape index (κ3) is 4.10. The first kappa shape index (κ1) is 16.3. The maximum atomic E-state index is 13.0. The van der Waals surface area contributed by atoms with E-state index in [0.29, 0.717) is 0 Å². The maximum Gasteiger partial charge on any atom is 0.259 e. The van der Waals surface area contributed by atoms with Crippen LogP contribution in [0.4, 0.5) is 4.39 Å². The molecule has 1 N–H and O–H groups in total. The predicted molar refractivity (Wildman–Crippen MR) is 73.9 cm³/mol. The highest BCUT2D eigenvalue weighted by Crippen LogP contribution is 2.21. The van der Waals surface area contributed by atoms with Crippen LogP contribution in [0.1, 0.15) is 20.8 Å². The van der Waals surface area contributed by atoms with Crippen LogP contribution in [0.5, 0.6) is 5.75 Å². The van der Waals surface area contributed by atoms with Gasteiger partial charge < -0.3 is 10.1 Å². The molecule has 0 spiro atoms. The molecule has 1 aromatic rings. The van der Waals surface area contributed by atoms with Gasteiger partial charge in [0.1, 0.15) is 17.1 Å². The van der Waals surface area contributed by atoms with Gasteiger partial charge in [-0.15, -0.1) is 0 Å². The third-order valence-corrected chi connectivity index (χ3v) is 3.34. The molecule has 0 saturated heterocycles. The zero-order chi connectivity index (χ0) is 15.3. The summed E-state index contributed by atoms with van der Waals surface area (Å²) in [6.45, 7) is 5.05. The van der Waals surface area contributed by atoms with Gasteiger partial charge >= 0.3 is 0 Å². The Bertz CT molecular complexity index is 542. The van der Waals surface area contributed by atoms with Gasteiger partial charge in [0.25, 0.3) is 5.91 Å². The van der Waals surface area contributed by atoms with Gasteiger partial charge in [0.15, 0.2) is 6.61 Å². The highest BCUT2D eigenvalue weighted by atomic mass is 35.5. The molecule has 0 bridgehead atoms. The number of hydrogen-bond donors (Lipinski definition) is 1. The van der Waals surface area contributed by atoms with Gasteiger partial charge in [-0.05, 0) is 25.0 Å². The van der Waals surface area contributed by atoms with Crippen molar-refractivity contribution < 1.29 is 13.9 Å². The highest BCUT2D eigenvalue weighted by Gasteiger charge is 2.29. The summed E-state index contributed by atoms with van der Waals surface area (Å²) in [7, 11) is 0. The maximum absolute atomic E-state index is 13.0. The summed E-state index contributed by atoms with van der Waals surface area (Å²) in [4.78, 5) is 11.8. The number of ether oxygens (including phenoxy) is 1. The normalized spacial score (nSPS) is 13.4. The summed E-state index contributed by atoms with van der Waals surface area (Å²) in [5.41, 5.74) is -0.957. The molecule has 0 saturated carbocycles. The van der Waals surface area contributed by atoms with Crippen LogP contribution in [0.2, 0.25) is 5.02 Å². The van der Waals surface area contributed by atoms with Crippen LogP contribution in [-0.2, 0) is 4.79 Å². The number of nitrogens with one attached hydrogen (secondary N) is 1. The molecule has 0 aromatic heterocycles. The number of hydrogen-bond acceptors (Lipinski definition) is 3. The van der Waals surface area contributed by atoms with E-state index < -0.39 is 17.3 Å². The summed E-state index contributed by atoms with van der Waals surface area (Å²) in [6.07, 6.45) is 0. The van der Waals surface area contributed by atoms with Crippen LogP contribution in [0.15, 0.2) is 18.2 Å². The van der Waals surface area contributed by atoms with Gasteiger partial charge in [-0.2, -0.15) is 5.26 Å². The second kappa shape index (κ2) is 6.58. The van der Waals surface area contributed by atoms with Crippen molar-refractivity contribution in [3.8, 4) is 11.8 Å². The standard InChI is InChI=1S/C14H16ClFN2O2/c1-9(2)14(3,8-17)18-13(19)7-20-10-4-5-12(16)11(15)6-10/h4-6,9H,7H2,1-3H3,(H,18,19). The lowest BCUT2D eigenvalue weighted by Gasteiger charge is -2.27. The molecule has 1 rings (SSSR count). The quantitative estimate of drug-likeness (QED) is 0.909. The van der Waals surface area contributed by atoms with Crippen molar-refractivity contribution >= 4 is 17.5 Å². The molecule has 1 amide bonds. The molecule has 4 nitrogen and oxygen atoms in total. The second-order valence-electron chi connectivity index (χ2n) is 4.88. The Morgan fingerprint density at radius 3 is 2.75 bits per heavy atom. The fraction of sp³-hybridized carbons (Fsp3) is 0.429. The number of rotatable bonds is 5. The molecule has 1 atom stereocenters. The van der Waals surface area contributed by atoms with Crippen molar-refractivity contribution in [1.29, 1.82) is 5.26 Å². The van der Waals surface area contributed by atoms with Gasteiger partial charge in [0.05, 0.1) is 11.1 Å². The Morgan fingerprint density at radius 1 is 1.60 bits per heavy atom. The smallest absolute Gasteiger partial charge is 0.259 e. The van der Waals surface area contributed by atoms with E-state index in [2.05, 4.69) is 11.4 Å². The van der Waals surface area contributed by atoms with Gasteiger partial charge in [-0.3, -0.25) is 4.79 Å². The Morgan fingerprint density at radius 2 is 2.25 bits per heavy atom. The molecule has 0 radical (unpaired) electrons. The van der Waals surface area contributed by atoms with Crippen LogP contribution < -0.4 is 10.1 Å². The van der Waals surface area contributed by atoms with Crippen LogP contribution in [0, 0.1) is 23.1 Å². The van der Waals surface area contributed by atoms with E-state index in [9.17, 15) is 9.18 Å². The zero-order valence-corrected chi connectivity index (χ0v) is 12.3. The van der Waals surface area contributed by atoms with E-state index in [4.69, 9.17) is 21.6 Å². The first-order chi connectivity index (χ1) is 9.28. The predicted octanol–water partition coefficient (Wildman–Crippen LogP) is 2.91. The van der Waals surface area contributed by atoms with E-state index in [1.807, 2.05) is 13.8 Å². The van der Waals surface area contributed by atoms with E-state index in [-0.39, 0.29) is 23.3 Å². The lowest BCUT2D eigenvalue weighted by molar-refractivity contribution is -0.124. The van der Waals surface area contributed by atoms with Gasteiger partial charge in [-0.25, -0.2) is 4.39 Å². The fourth-order valence-corrected chi connectivity index (χ4v) is 1.51. The topological polar surface area (TPSA) is 62.1 Å². The largest absolute Gasteiger partial charge is 0.484 e. The van der Waals surface area contributed by atoms with E-state index in [1.165, 1.54) is 12.1 Å². The van der Waals surface area contributed by atoms with Crippen LogP contribution >= 0.6 is 11.6 Å². The molecule has 1 unspecified atom stereocenters. The Kier molecular flexibility index (Phi) is 5.34. The summed E-state index contributed by atoms with van der Waals surface area (Å²) in [5.74, 6) is -0.741. The molecule has 1 aromatic carbocycles. The molecule has 20 heavy (non-hydrogen) atoms. The van der Waals surface area contributed by atoms with E-state index >= 15 is 0 Å². The number of carbonyl (C=O) groups excluding carboxylic acids is 1. The molecular weight excluding hydrogens is 283 g/mol. The molecule has 0 aliphatic heterocycles. The summed E-state index contributed by atoms with van der Waals surface area (Å²) >= 11 is 5.60. The number of amides is 1. The lowest BCUT2D eigenvalue weighted by Crippen LogP contribution is -2.50. The second-order valence-corrected chi connectivity index (χ2v) is 5.29. The Balaban J connectivity index is 2.60. The first-order valence-electron chi connectivity index (χ1n) is 6.08. The molecule has 108 valence electrons. The van der Waals surface area contributed by atoms with Crippen LogP contribution in [-0.4, -0.2) is 18.1 Å². The number of carbonyl (C=O) groups is 1. The first-order valence-corrected chi connectivity index (χ1v) is 6.46. The molecule has 6 heteroatoms. The van der Waals surface area contributed by atoms with Crippen molar-refractivity contribution in [3.63, 3.8) is 0 Å². The van der Waals surface area contributed by atoms with Crippen molar-refractivity contribution in [2.75, 3.05) is 6.61 Å². The average Bonchev–Trinajstić information content (AvgIpc) is 2.39.